The van der Waals surface area contributed by atoms with E-state index >= 15 is 0 Å². The fourth-order valence-electron chi connectivity index (χ4n) is 1.95. The largest absolute Gasteiger partial charge is 0.376 e. The van der Waals surface area contributed by atoms with E-state index in [1.165, 1.54) is 9.88 Å². The van der Waals surface area contributed by atoms with Crippen LogP contribution in [0.25, 0.3) is 0 Å². The van der Waals surface area contributed by atoms with Gasteiger partial charge in [-0.3, -0.25) is 0 Å². The number of nitrogens with zero attached hydrogens (tertiary/aromatic N) is 2. The summed E-state index contributed by atoms with van der Waals surface area (Å²) in [6.45, 7) is 10.8. The number of pyridine rings is 1. The first kappa shape index (κ1) is 16.7. The van der Waals surface area contributed by atoms with E-state index in [1.807, 2.05) is 6.07 Å². The molecule has 1 unspecified atom stereocenters. The third kappa shape index (κ3) is 3.96. The number of halogens is 2. The van der Waals surface area contributed by atoms with Crippen molar-refractivity contribution in [1.82, 2.24) is 9.97 Å². The molecule has 6 heteroatoms. The first-order chi connectivity index (χ1) is 9.68. The molecule has 1 N–H and O–H groups in total. The number of anilines is 1. The van der Waals surface area contributed by atoms with Crippen LogP contribution in [0.1, 0.15) is 49.3 Å². The van der Waals surface area contributed by atoms with Crippen LogP contribution < -0.4 is 5.32 Å². The quantitative estimate of drug-likeness (QED) is 0.682. The lowest BCUT2D eigenvalue weighted by Crippen LogP contribution is -2.10. The van der Waals surface area contributed by atoms with Gasteiger partial charge in [0.2, 0.25) is 0 Å². The molecule has 2 heterocycles. The van der Waals surface area contributed by atoms with Gasteiger partial charge in [0.25, 0.3) is 0 Å². The topological polar surface area (TPSA) is 37.8 Å². The first-order valence-electron chi connectivity index (χ1n) is 6.74. The van der Waals surface area contributed by atoms with Gasteiger partial charge >= 0.3 is 0 Å². The average molecular weight is 389 g/mol. The molecule has 0 saturated carbocycles. The molecule has 3 nitrogen and oxygen atoms in total. The van der Waals surface area contributed by atoms with Gasteiger partial charge in [0.05, 0.1) is 33.1 Å². The highest BCUT2D eigenvalue weighted by Gasteiger charge is 2.22. The van der Waals surface area contributed by atoms with Crippen molar-refractivity contribution in [2.24, 2.45) is 0 Å². The van der Waals surface area contributed by atoms with Crippen LogP contribution in [0.15, 0.2) is 16.7 Å². The third-order valence-electron chi connectivity index (χ3n) is 3.05. The molecule has 0 aliphatic carbocycles. The molecule has 114 valence electrons. The Morgan fingerprint density at radius 1 is 1.38 bits per heavy atom. The highest BCUT2D eigenvalue weighted by Crippen LogP contribution is 2.34. The SMILES string of the molecule is Cc1nc(C(C)(C)C)sc1C(C)Nc1cnc(Cl)c(Br)c1. The number of rotatable bonds is 3. The Bertz CT molecular complexity index is 649. The zero-order valence-electron chi connectivity index (χ0n) is 12.8. The van der Waals surface area contributed by atoms with Crippen molar-refractivity contribution < 1.29 is 0 Å². The molecule has 0 amide bonds. The Labute approximate surface area is 143 Å². The summed E-state index contributed by atoms with van der Waals surface area (Å²) < 4.78 is 0.790. The van der Waals surface area contributed by atoms with Crippen molar-refractivity contribution in [2.75, 3.05) is 5.32 Å². The summed E-state index contributed by atoms with van der Waals surface area (Å²) in [6, 6.07) is 2.11. The van der Waals surface area contributed by atoms with E-state index in [0.29, 0.717) is 5.15 Å². The highest BCUT2D eigenvalue weighted by molar-refractivity contribution is 9.10. The summed E-state index contributed by atoms with van der Waals surface area (Å²) in [5.41, 5.74) is 2.10. The molecule has 0 fully saturated rings. The minimum Gasteiger partial charge on any atom is -0.376 e. The zero-order chi connectivity index (χ0) is 15.8. The number of hydrogen-bond acceptors (Lipinski definition) is 4. The molecule has 2 aromatic heterocycles. The number of aryl methyl sites for hydroxylation is 1. The van der Waals surface area contributed by atoms with Crippen molar-refractivity contribution >= 4 is 44.6 Å². The van der Waals surface area contributed by atoms with Gasteiger partial charge in [0, 0.05) is 10.3 Å². The monoisotopic (exact) mass is 387 g/mol. The molecule has 0 aliphatic heterocycles. The van der Waals surface area contributed by atoms with E-state index in [4.69, 9.17) is 16.6 Å². The van der Waals surface area contributed by atoms with Gasteiger partial charge in [-0.15, -0.1) is 11.3 Å². The molecule has 0 aliphatic rings. The molecule has 0 spiro atoms. The van der Waals surface area contributed by atoms with E-state index < -0.39 is 0 Å². The summed E-state index contributed by atoms with van der Waals surface area (Å²) in [7, 11) is 0. The molecule has 0 bridgehead atoms. The van der Waals surface area contributed by atoms with Gasteiger partial charge in [-0.25, -0.2) is 9.97 Å². The molecule has 21 heavy (non-hydrogen) atoms. The van der Waals surface area contributed by atoms with E-state index in [1.54, 1.807) is 17.5 Å². The van der Waals surface area contributed by atoms with Crippen molar-refractivity contribution in [2.45, 2.75) is 46.1 Å². The average Bonchev–Trinajstić information content (AvgIpc) is 2.76. The maximum Gasteiger partial charge on any atom is 0.143 e. The molecule has 2 aromatic rings. The second-order valence-electron chi connectivity index (χ2n) is 6.08. The minimum atomic E-state index is 0.0816. The van der Waals surface area contributed by atoms with Gasteiger partial charge in [-0.2, -0.15) is 0 Å². The smallest absolute Gasteiger partial charge is 0.143 e. The summed E-state index contributed by atoms with van der Waals surface area (Å²) in [4.78, 5) is 10.1. The fraction of sp³-hybridized carbons (Fsp3) is 0.467. The second kappa shape index (κ2) is 6.23. The summed E-state index contributed by atoms with van der Waals surface area (Å²) >= 11 is 11.1. The van der Waals surface area contributed by atoms with E-state index in [-0.39, 0.29) is 11.5 Å². The first-order valence-corrected chi connectivity index (χ1v) is 8.72. The summed E-state index contributed by atoms with van der Waals surface area (Å²) in [6.07, 6.45) is 1.74. The van der Waals surface area contributed by atoms with Crippen LogP contribution >= 0.6 is 38.9 Å². The molecule has 0 aromatic carbocycles. The Kier molecular flexibility index (Phi) is 4.96. The van der Waals surface area contributed by atoms with Gasteiger partial charge in [0.15, 0.2) is 0 Å². The van der Waals surface area contributed by atoms with Crippen LogP contribution in [-0.2, 0) is 5.41 Å². The predicted octanol–water partition coefficient (Wildman–Crippen LogP) is 5.73. The van der Waals surface area contributed by atoms with E-state index in [2.05, 4.69) is 60.8 Å². The molecule has 0 radical (unpaired) electrons. The Morgan fingerprint density at radius 3 is 2.57 bits per heavy atom. The molecule has 1 atom stereocenters. The second-order valence-corrected chi connectivity index (χ2v) is 8.32. The normalized spacial score (nSPS) is 13.3. The Balaban J connectivity index is 2.22. The van der Waals surface area contributed by atoms with Gasteiger partial charge in [-0.05, 0) is 35.8 Å². The van der Waals surface area contributed by atoms with Crippen molar-refractivity contribution in [3.63, 3.8) is 0 Å². The lowest BCUT2D eigenvalue weighted by Gasteiger charge is -2.15. The minimum absolute atomic E-state index is 0.0816. The van der Waals surface area contributed by atoms with Crippen LogP contribution in [-0.4, -0.2) is 9.97 Å². The van der Waals surface area contributed by atoms with Crippen molar-refractivity contribution in [3.8, 4) is 0 Å². The van der Waals surface area contributed by atoms with Crippen LogP contribution in [0.3, 0.4) is 0 Å². The number of thiazole rings is 1. The van der Waals surface area contributed by atoms with Crippen molar-refractivity contribution in [3.05, 3.63) is 37.5 Å². The molecule has 0 saturated heterocycles. The van der Waals surface area contributed by atoms with E-state index in [0.717, 1.165) is 15.9 Å². The fourth-order valence-corrected chi connectivity index (χ4v) is 3.52. The maximum absolute atomic E-state index is 5.92. The third-order valence-corrected chi connectivity index (χ3v) is 5.95. The maximum atomic E-state index is 5.92. The summed E-state index contributed by atoms with van der Waals surface area (Å²) in [5.74, 6) is 0. The van der Waals surface area contributed by atoms with Crippen LogP contribution in [0.4, 0.5) is 5.69 Å². The highest BCUT2D eigenvalue weighted by atomic mass is 79.9. The lowest BCUT2D eigenvalue weighted by molar-refractivity contribution is 0.584. The van der Waals surface area contributed by atoms with Gasteiger partial charge in [0.1, 0.15) is 5.15 Å². The van der Waals surface area contributed by atoms with Crippen LogP contribution in [0.5, 0.6) is 0 Å². The number of nitrogens with one attached hydrogen (secondary N) is 1. The predicted molar refractivity (Wildman–Crippen MR) is 94.5 cm³/mol. The van der Waals surface area contributed by atoms with Crippen molar-refractivity contribution in [1.29, 1.82) is 0 Å². The molecular weight excluding hydrogens is 370 g/mol. The number of hydrogen-bond donors (Lipinski definition) is 1. The molecular formula is C15H19BrClN3S. The Morgan fingerprint density at radius 2 is 2.05 bits per heavy atom. The number of aromatic nitrogens is 2. The standard InChI is InChI=1S/C15H19BrClN3S/c1-8(19-10-6-11(16)13(17)18-7-10)12-9(2)20-14(21-12)15(3,4)5/h6-8,19H,1-5H3. The van der Waals surface area contributed by atoms with Gasteiger partial charge in [-0.1, -0.05) is 32.4 Å². The van der Waals surface area contributed by atoms with Gasteiger partial charge < -0.3 is 5.32 Å². The Hall–Kier alpha value is -0.650. The zero-order valence-corrected chi connectivity index (χ0v) is 15.9. The van der Waals surface area contributed by atoms with E-state index in [9.17, 15) is 0 Å². The van der Waals surface area contributed by atoms with Crippen LogP contribution in [0.2, 0.25) is 5.15 Å². The van der Waals surface area contributed by atoms with Crippen LogP contribution in [0, 0.1) is 6.92 Å². The molecule has 2 rings (SSSR count). The summed E-state index contributed by atoms with van der Waals surface area (Å²) in [5, 5.41) is 5.09. The lowest BCUT2D eigenvalue weighted by atomic mass is 9.98.